The molecule has 2 aliphatic rings. The molecule has 42 heavy (non-hydrogen) atoms. The summed E-state index contributed by atoms with van der Waals surface area (Å²) >= 11 is 0. The number of nitrogens with zero attached hydrogens (tertiary/aromatic N) is 5. The molecule has 0 unspecified atom stereocenters. The summed E-state index contributed by atoms with van der Waals surface area (Å²) in [6.07, 6.45) is -2.90. The van der Waals surface area contributed by atoms with Crippen molar-refractivity contribution in [3.8, 4) is 5.75 Å². The van der Waals surface area contributed by atoms with Crippen molar-refractivity contribution >= 4 is 30.7 Å². The number of hydrogen-bond acceptors (Lipinski definition) is 11. The molecule has 1 saturated heterocycles. The number of imidazole rings is 1. The Balaban J connectivity index is 1.34. The SMILES string of the molecule is Cc1nc(N(C)C2CC2)c2ncn([C@@H]3O[C@H](CO[P@@](=O)(N[C@H](C)C(=O)OC(C)C)Oc4ccccc4)[C@@H](O)[C@@H]3F)c2n1. The first-order chi connectivity index (χ1) is 20.0. The van der Waals surface area contributed by atoms with Crippen LogP contribution in [0.3, 0.4) is 0 Å². The zero-order valence-corrected chi connectivity index (χ0v) is 25.0. The van der Waals surface area contributed by atoms with Crippen molar-refractivity contribution in [1.29, 1.82) is 0 Å². The molecule has 0 amide bonds. The van der Waals surface area contributed by atoms with Crippen molar-refractivity contribution < 1.29 is 37.4 Å². The minimum atomic E-state index is -4.25. The maximum Gasteiger partial charge on any atom is 0.459 e. The number of rotatable bonds is 12. The van der Waals surface area contributed by atoms with Crippen LogP contribution in [0.5, 0.6) is 5.75 Å². The predicted octanol–water partition coefficient (Wildman–Crippen LogP) is 3.46. The number of hydrogen-bond donors (Lipinski definition) is 2. The Morgan fingerprint density at radius 2 is 1.98 bits per heavy atom. The summed E-state index contributed by atoms with van der Waals surface area (Å²) in [7, 11) is -2.31. The van der Waals surface area contributed by atoms with Gasteiger partial charge in [0.05, 0.1) is 19.0 Å². The van der Waals surface area contributed by atoms with Crippen LogP contribution in [0.15, 0.2) is 36.7 Å². The molecular weight excluding hydrogens is 570 g/mol. The second kappa shape index (κ2) is 12.2. The van der Waals surface area contributed by atoms with Gasteiger partial charge in [-0.3, -0.25) is 13.9 Å². The Labute approximate surface area is 242 Å². The van der Waals surface area contributed by atoms with E-state index in [9.17, 15) is 14.5 Å². The van der Waals surface area contributed by atoms with E-state index in [0.29, 0.717) is 28.8 Å². The molecule has 15 heteroatoms. The third-order valence-electron chi connectivity index (χ3n) is 6.95. The molecule has 1 aromatic carbocycles. The lowest BCUT2D eigenvalue weighted by molar-refractivity contribution is -0.149. The van der Waals surface area contributed by atoms with Crippen LogP contribution in [0, 0.1) is 6.92 Å². The summed E-state index contributed by atoms with van der Waals surface area (Å²) in [5.74, 6) is 0.667. The molecule has 0 bridgehead atoms. The number of anilines is 1. The molecule has 2 aromatic heterocycles. The van der Waals surface area contributed by atoms with E-state index in [4.69, 9.17) is 18.5 Å². The highest BCUT2D eigenvalue weighted by atomic mass is 31.2. The molecule has 1 saturated carbocycles. The van der Waals surface area contributed by atoms with Crippen LogP contribution < -0.4 is 14.5 Å². The van der Waals surface area contributed by atoms with Crippen LogP contribution in [0.25, 0.3) is 11.2 Å². The highest BCUT2D eigenvalue weighted by Gasteiger charge is 2.47. The molecule has 13 nitrogen and oxygen atoms in total. The number of benzene rings is 1. The molecule has 1 aliphatic carbocycles. The maximum atomic E-state index is 15.5. The molecule has 2 fully saturated rings. The van der Waals surface area contributed by atoms with E-state index < -0.39 is 57.1 Å². The zero-order valence-electron chi connectivity index (χ0n) is 24.1. The van der Waals surface area contributed by atoms with Gasteiger partial charge >= 0.3 is 13.7 Å². The summed E-state index contributed by atoms with van der Waals surface area (Å²) in [6.45, 7) is 6.05. The Kier molecular flexibility index (Phi) is 8.81. The number of aliphatic hydroxyl groups excluding tert-OH is 1. The number of nitrogens with one attached hydrogen (secondary N) is 1. The normalized spacial score (nSPS) is 24.5. The average molecular weight is 607 g/mol. The lowest BCUT2D eigenvalue weighted by Gasteiger charge is -2.25. The molecule has 0 radical (unpaired) electrons. The summed E-state index contributed by atoms with van der Waals surface area (Å²) in [5.41, 5.74) is 0.857. The number of aromatic nitrogens is 4. The average Bonchev–Trinajstić information content (AvgIpc) is 3.65. The van der Waals surface area contributed by atoms with Gasteiger partial charge in [-0.15, -0.1) is 0 Å². The van der Waals surface area contributed by atoms with Crippen molar-refractivity contribution in [2.75, 3.05) is 18.6 Å². The largest absolute Gasteiger partial charge is 0.462 e. The van der Waals surface area contributed by atoms with E-state index >= 15 is 4.39 Å². The molecular formula is C27H36FN6O7P. The number of carbonyl (C=O) groups excluding carboxylic acids is 1. The second-order valence-electron chi connectivity index (χ2n) is 10.8. The topological polar surface area (TPSA) is 150 Å². The fourth-order valence-corrected chi connectivity index (χ4v) is 6.15. The van der Waals surface area contributed by atoms with Crippen molar-refractivity contribution in [2.24, 2.45) is 0 Å². The van der Waals surface area contributed by atoms with Gasteiger partial charge in [-0.1, -0.05) is 18.2 Å². The van der Waals surface area contributed by atoms with Crippen LogP contribution in [0.1, 0.15) is 45.7 Å². The number of esters is 1. The molecule has 3 aromatic rings. The van der Waals surface area contributed by atoms with Gasteiger partial charge in [0.2, 0.25) is 0 Å². The van der Waals surface area contributed by atoms with Crippen molar-refractivity contribution in [1.82, 2.24) is 24.6 Å². The first-order valence-electron chi connectivity index (χ1n) is 13.8. The van der Waals surface area contributed by atoms with Crippen molar-refractivity contribution in [2.45, 2.75) is 83.3 Å². The first kappa shape index (κ1) is 30.3. The number of alkyl halides is 1. The Morgan fingerprint density at radius 1 is 1.26 bits per heavy atom. The molecule has 3 heterocycles. The monoisotopic (exact) mass is 606 g/mol. The quantitative estimate of drug-likeness (QED) is 0.230. The first-order valence-corrected chi connectivity index (χ1v) is 15.4. The molecule has 5 rings (SSSR count). The van der Waals surface area contributed by atoms with Crippen LogP contribution in [-0.4, -0.2) is 80.8 Å². The van der Waals surface area contributed by atoms with Gasteiger partial charge in [-0.2, -0.15) is 5.09 Å². The Bertz CT molecular complexity index is 1460. The fraction of sp³-hybridized carbons (Fsp3) is 0.556. The van der Waals surface area contributed by atoms with Gasteiger partial charge in [0, 0.05) is 13.1 Å². The van der Waals surface area contributed by atoms with Crippen LogP contribution >= 0.6 is 7.75 Å². The van der Waals surface area contributed by atoms with Gasteiger partial charge in [0.25, 0.3) is 0 Å². The van der Waals surface area contributed by atoms with E-state index in [1.165, 1.54) is 17.8 Å². The lowest BCUT2D eigenvalue weighted by Crippen LogP contribution is -2.37. The summed E-state index contributed by atoms with van der Waals surface area (Å²) in [6, 6.07) is 7.52. The molecule has 2 N–H and O–H groups in total. The highest BCUT2D eigenvalue weighted by Crippen LogP contribution is 2.46. The zero-order chi connectivity index (χ0) is 30.2. The van der Waals surface area contributed by atoms with Gasteiger partial charge in [-0.25, -0.2) is 23.9 Å². The lowest BCUT2D eigenvalue weighted by atomic mass is 10.1. The van der Waals surface area contributed by atoms with E-state index in [1.54, 1.807) is 51.1 Å². The molecule has 228 valence electrons. The van der Waals surface area contributed by atoms with Crippen LogP contribution in [0.4, 0.5) is 10.2 Å². The van der Waals surface area contributed by atoms with Crippen LogP contribution in [-0.2, 0) is 23.4 Å². The van der Waals surface area contributed by atoms with Crippen molar-refractivity contribution in [3.63, 3.8) is 0 Å². The third-order valence-corrected chi connectivity index (χ3v) is 8.59. The summed E-state index contributed by atoms with van der Waals surface area (Å²) < 4.78 is 53.0. The summed E-state index contributed by atoms with van der Waals surface area (Å²) in [4.78, 5) is 27.9. The minimum absolute atomic E-state index is 0.207. The van der Waals surface area contributed by atoms with E-state index in [0.717, 1.165) is 12.8 Å². The third kappa shape index (κ3) is 6.57. The molecule has 6 atom stereocenters. The number of aryl methyl sites for hydroxylation is 1. The number of fused-ring (bicyclic) bond motifs is 1. The van der Waals surface area contributed by atoms with E-state index in [1.807, 2.05) is 11.9 Å². The van der Waals surface area contributed by atoms with Gasteiger partial charge < -0.3 is 24.0 Å². The highest BCUT2D eigenvalue weighted by molar-refractivity contribution is 7.52. The van der Waals surface area contributed by atoms with E-state index in [2.05, 4.69) is 20.0 Å². The molecule has 1 aliphatic heterocycles. The predicted molar refractivity (Wildman–Crippen MR) is 151 cm³/mol. The Morgan fingerprint density at radius 3 is 2.64 bits per heavy atom. The number of halogens is 1. The Hall–Kier alpha value is -3.16. The number of aliphatic hydroxyl groups is 1. The smallest absolute Gasteiger partial charge is 0.459 e. The van der Waals surface area contributed by atoms with Gasteiger partial charge in [0.15, 0.2) is 29.4 Å². The molecule has 0 spiro atoms. The van der Waals surface area contributed by atoms with Gasteiger partial charge in [0.1, 0.15) is 29.8 Å². The number of ether oxygens (including phenoxy) is 2. The maximum absolute atomic E-state index is 15.5. The van der Waals surface area contributed by atoms with E-state index in [-0.39, 0.29) is 5.75 Å². The second-order valence-corrected chi connectivity index (χ2v) is 12.5. The standard InChI is InChI=1S/C27H36FN6O7P/c1-15(2)39-27(36)16(3)32-42(37,41-19-9-7-6-8-10-19)38-13-20-23(35)21(28)26(40-20)34-14-29-22-24(33(5)18-11-12-18)30-17(4)31-25(22)34/h6-10,14-16,18,20-21,23,26,35H,11-13H2,1-5H3,(H,32,37)/t16-,20-,21+,23-,26-,42+/m1/s1. The fourth-order valence-electron chi connectivity index (χ4n) is 4.65. The summed E-state index contributed by atoms with van der Waals surface area (Å²) in [5, 5.41) is 13.3. The van der Waals surface area contributed by atoms with Crippen molar-refractivity contribution in [3.05, 3.63) is 42.5 Å². The number of para-hydroxylation sites is 1. The number of carbonyl (C=O) groups is 1. The van der Waals surface area contributed by atoms with Crippen LogP contribution in [0.2, 0.25) is 0 Å². The minimum Gasteiger partial charge on any atom is -0.462 e. The van der Waals surface area contributed by atoms with Gasteiger partial charge in [-0.05, 0) is 52.7 Å².